The van der Waals surface area contributed by atoms with Crippen LogP contribution in [0.25, 0.3) is 0 Å². The molecule has 2 heterocycles. The van der Waals surface area contributed by atoms with E-state index in [0.717, 1.165) is 19.0 Å². The van der Waals surface area contributed by atoms with Gasteiger partial charge in [-0.05, 0) is 38.8 Å². The van der Waals surface area contributed by atoms with Crippen molar-refractivity contribution in [2.75, 3.05) is 26.2 Å². The highest BCUT2D eigenvalue weighted by atomic mass is 16.3. The van der Waals surface area contributed by atoms with E-state index in [1.54, 1.807) is 0 Å². The van der Waals surface area contributed by atoms with E-state index in [1.807, 2.05) is 0 Å². The topological polar surface area (TPSA) is 35.5 Å². The molecular formula is C10H20N2O. The van der Waals surface area contributed by atoms with Gasteiger partial charge in [0.05, 0.1) is 0 Å². The molecule has 0 aromatic rings. The maximum Gasteiger partial charge on any atom is 0.0443 e. The van der Waals surface area contributed by atoms with Crippen LogP contribution in [0.5, 0.6) is 0 Å². The smallest absolute Gasteiger partial charge is 0.0443 e. The highest BCUT2D eigenvalue weighted by Crippen LogP contribution is 2.27. The lowest BCUT2D eigenvalue weighted by molar-refractivity contribution is 0.272. The average Bonchev–Trinajstić information content (AvgIpc) is 2.68. The Morgan fingerprint density at radius 1 is 1.31 bits per heavy atom. The third-order valence-electron chi connectivity index (χ3n) is 3.35. The molecule has 2 aliphatic rings. The minimum Gasteiger partial charge on any atom is -0.396 e. The molecule has 2 fully saturated rings. The van der Waals surface area contributed by atoms with Crippen molar-refractivity contribution < 1.29 is 5.11 Å². The molecule has 76 valence electrons. The van der Waals surface area contributed by atoms with E-state index < -0.39 is 0 Å². The summed E-state index contributed by atoms with van der Waals surface area (Å²) in [4.78, 5) is 2.61. The van der Waals surface area contributed by atoms with Crippen molar-refractivity contribution in [3.05, 3.63) is 0 Å². The average molecular weight is 184 g/mol. The zero-order chi connectivity index (χ0) is 9.10. The summed E-state index contributed by atoms with van der Waals surface area (Å²) in [6, 6.07) is 1.51. The van der Waals surface area contributed by atoms with Crippen molar-refractivity contribution in [2.24, 2.45) is 0 Å². The second-order valence-corrected chi connectivity index (χ2v) is 4.17. The van der Waals surface area contributed by atoms with Gasteiger partial charge in [-0.15, -0.1) is 0 Å². The fourth-order valence-electron chi connectivity index (χ4n) is 2.69. The molecule has 3 heteroatoms. The van der Waals surface area contributed by atoms with Gasteiger partial charge in [-0.3, -0.25) is 4.90 Å². The van der Waals surface area contributed by atoms with E-state index >= 15 is 0 Å². The summed E-state index contributed by atoms with van der Waals surface area (Å²) in [5.74, 6) is 0. The van der Waals surface area contributed by atoms with Gasteiger partial charge in [0.25, 0.3) is 0 Å². The Bertz CT molecular complexity index is 163. The first kappa shape index (κ1) is 9.44. The molecule has 2 aliphatic heterocycles. The number of aliphatic hydroxyl groups is 1. The summed E-state index contributed by atoms with van der Waals surface area (Å²) in [6.45, 7) is 3.88. The van der Waals surface area contributed by atoms with Crippen LogP contribution in [0.2, 0.25) is 0 Å². The van der Waals surface area contributed by atoms with Crippen molar-refractivity contribution in [2.45, 2.75) is 37.8 Å². The predicted molar refractivity (Wildman–Crippen MR) is 52.7 cm³/mol. The normalized spacial score (nSPS) is 33.9. The molecule has 0 spiro atoms. The maximum absolute atomic E-state index is 8.68. The molecule has 2 atom stereocenters. The SMILES string of the molecule is OCCCNC1CCN2CCCC12. The van der Waals surface area contributed by atoms with Gasteiger partial charge in [0.15, 0.2) is 0 Å². The Morgan fingerprint density at radius 3 is 3.08 bits per heavy atom. The molecule has 0 amide bonds. The van der Waals surface area contributed by atoms with E-state index in [1.165, 1.54) is 32.4 Å². The van der Waals surface area contributed by atoms with Crippen LogP contribution in [0, 0.1) is 0 Å². The molecule has 2 saturated heterocycles. The first-order chi connectivity index (χ1) is 6.42. The third kappa shape index (κ3) is 2.03. The van der Waals surface area contributed by atoms with Crippen molar-refractivity contribution in [3.8, 4) is 0 Å². The molecule has 2 N–H and O–H groups in total. The minimum atomic E-state index is 0.314. The van der Waals surface area contributed by atoms with Crippen molar-refractivity contribution in [1.82, 2.24) is 10.2 Å². The summed E-state index contributed by atoms with van der Waals surface area (Å²) in [5, 5.41) is 12.2. The lowest BCUT2D eigenvalue weighted by Crippen LogP contribution is -2.39. The second-order valence-electron chi connectivity index (χ2n) is 4.17. The first-order valence-corrected chi connectivity index (χ1v) is 5.50. The Hall–Kier alpha value is -0.120. The Labute approximate surface area is 80.1 Å². The Balaban J connectivity index is 1.74. The predicted octanol–water partition coefficient (Wildman–Crippen LogP) is 0.195. The molecule has 0 saturated carbocycles. The molecule has 0 bridgehead atoms. The van der Waals surface area contributed by atoms with Crippen molar-refractivity contribution >= 4 is 0 Å². The van der Waals surface area contributed by atoms with Crippen molar-refractivity contribution in [1.29, 1.82) is 0 Å². The van der Waals surface area contributed by atoms with Gasteiger partial charge in [-0.2, -0.15) is 0 Å². The summed E-state index contributed by atoms with van der Waals surface area (Å²) < 4.78 is 0. The molecule has 0 aliphatic carbocycles. The molecule has 0 aromatic carbocycles. The molecule has 0 radical (unpaired) electrons. The Morgan fingerprint density at radius 2 is 2.23 bits per heavy atom. The number of hydrogen-bond donors (Lipinski definition) is 2. The van der Waals surface area contributed by atoms with Gasteiger partial charge in [0, 0.05) is 25.2 Å². The van der Waals surface area contributed by atoms with Gasteiger partial charge in [-0.1, -0.05) is 0 Å². The first-order valence-electron chi connectivity index (χ1n) is 5.50. The quantitative estimate of drug-likeness (QED) is 0.612. The van der Waals surface area contributed by atoms with Crippen LogP contribution >= 0.6 is 0 Å². The van der Waals surface area contributed by atoms with E-state index in [2.05, 4.69) is 10.2 Å². The number of nitrogens with one attached hydrogen (secondary N) is 1. The fraction of sp³-hybridized carbons (Fsp3) is 1.00. The monoisotopic (exact) mass is 184 g/mol. The highest BCUT2D eigenvalue weighted by Gasteiger charge is 2.36. The van der Waals surface area contributed by atoms with Crippen LogP contribution in [-0.4, -0.2) is 48.3 Å². The molecule has 0 aromatic heterocycles. The molecule has 13 heavy (non-hydrogen) atoms. The lowest BCUT2D eigenvalue weighted by atomic mass is 10.1. The van der Waals surface area contributed by atoms with Gasteiger partial charge in [0.1, 0.15) is 0 Å². The molecular weight excluding hydrogens is 164 g/mol. The number of hydrogen-bond acceptors (Lipinski definition) is 3. The van der Waals surface area contributed by atoms with E-state index in [9.17, 15) is 0 Å². The van der Waals surface area contributed by atoms with Crippen LogP contribution in [0.3, 0.4) is 0 Å². The summed E-state index contributed by atoms with van der Waals surface area (Å²) in [7, 11) is 0. The summed E-state index contributed by atoms with van der Waals surface area (Å²) in [6.07, 6.45) is 4.94. The van der Waals surface area contributed by atoms with E-state index in [4.69, 9.17) is 5.11 Å². The van der Waals surface area contributed by atoms with Gasteiger partial charge < -0.3 is 10.4 Å². The molecule has 3 nitrogen and oxygen atoms in total. The fourth-order valence-corrected chi connectivity index (χ4v) is 2.69. The highest BCUT2D eigenvalue weighted by molar-refractivity contribution is 4.95. The van der Waals surface area contributed by atoms with E-state index in [-0.39, 0.29) is 0 Å². The minimum absolute atomic E-state index is 0.314. The van der Waals surface area contributed by atoms with Crippen LogP contribution in [0.15, 0.2) is 0 Å². The number of aliphatic hydroxyl groups excluding tert-OH is 1. The summed E-state index contributed by atoms with van der Waals surface area (Å²) in [5.41, 5.74) is 0. The summed E-state index contributed by atoms with van der Waals surface area (Å²) >= 11 is 0. The number of fused-ring (bicyclic) bond motifs is 1. The van der Waals surface area contributed by atoms with Gasteiger partial charge in [-0.25, -0.2) is 0 Å². The zero-order valence-corrected chi connectivity index (χ0v) is 8.21. The van der Waals surface area contributed by atoms with Crippen LogP contribution < -0.4 is 5.32 Å². The second kappa shape index (κ2) is 4.40. The maximum atomic E-state index is 8.68. The van der Waals surface area contributed by atoms with Crippen molar-refractivity contribution in [3.63, 3.8) is 0 Å². The van der Waals surface area contributed by atoms with Crippen LogP contribution in [0.1, 0.15) is 25.7 Å². The van der Waals surface area contributed by atoms with Crippen LogP contribution in [-0.2, 0) is 0 Å². The zero-order valence-electron chi connectivity index (χ0n) is 8.21. The molecule has 2 rings (SSSR count). The molecule has 2 unspecified atom stereocenters. The van der Waals surface area contributed by atoms with Crippen LogP contribution in [0.4, 0.5) is 0 Å². The van der Waals surface area contributed by atoms with Gasteiger partial charge in [0.2, 0.25) is 0 Å². The van der Waals surface area contributed by atoms with E-state index in [0.29, 0.717) is 12.6 Å². The number of rotatable bonds is 4. The number of nitrogens with zero attached hydrogens (tertiary/aromatic N) is 1. The van der Waals surface area contributed by atoms with Gasteiger partial charge >= 0.3 is 0 Å². The third-order valence-corrected chi connectivity index (χ3v) is 3.35. The largest absolute Gasteiger partial charge is 0.396 e. The lowest BCUT2D eigenvalue weighted by Gasteiger charge is -2.21. The standard InChI is InChI=1S/C10H20N2O/c13-8-2-5-11-9-4-7-12-6-1-3-10(9)12/h9-11,13H,1-8H2. The Kier molecular flexibility index (Phi) is 3.19.